The van der Waals surface area contributed by atoms with Crippen molar-refractivity contribution >= 4 is 58.0 Å². The van der Waals surface area contributed by atoms with Crippen molar-refractivity contribution in [2.24, 2.45) is 11.1 Å². The third kappa shape index (κ3) is 5.56. The van der Waals surface area contributed by atoms with Gasteiger partial charge in [-0.15, -0.1) is 0 Å². The molecule has 0 aromatic heterocycles. The predicted octanol–water partition coefficient (Wildman–Crippen LogP) is 4.13. The Hall–Kier alpha value is -1.89. The molecule has 1 saturated heterocycles. The van der Waals surface area contributed by atoms with Crippen molar-refractivity contribution in [1.29, 1.82) is 0 Å². The smallest absolute Gasteiger partial charge is 0.256 e. The summed E-state index contributed by atoms with van der Waals surface area (Å²) in [6.07, 6.45) is 2.66. The fourth-order valence-electron chi connectivity index (χ4n) is 2.84. The number of carbonyl (C=O) groups is 3. The van der Waals surface area contributed by atoms with E-state index < -0.39 is 23.4 Å². The highest BCUT2D eigenvalue weighted by atomic mass is 35.5. The predicted molar refractivity (Wildman–Crippen MR) is 109 cm³/mol. The van der Waals surface area contributed by atoms with Crippen LogP contribution in [-0.4, -0.2) is 47.8 Å². The maximum absolute atomic E-state index is 12.7. The second-order valence-corrected chi connectivity index (χ2v) is 7.24. The van der Waals surface area contributed by atoms with E-state index in [9.17, 15) is 14.4 Å². The molecule has 1 heterocycles. The van der Waals surface area contributed by atoms with Crippen LogP contribution in [0.5, 0.6) is 0 Å². The van der Waals surface area contributed by atoms with Crippen molar-refractivity contribution in [3.8, 4) is 0 Å². The standard InChI is InChI=1S/C19H19Cl3N2O4/c1-2-4-15(23-28-8-3-7-20)18-16(25)10-24(11-17(18)26)19(27)13-6-5-12(21)9-14(13)22/h3,5-7,9,18H,2,4,8,10-11H2,1H3. The molecule has 0 bridgehead atoms. The maximum atomic E-state index is 12.7. The first-order chi connectivity index (χ1) is 13.4. The molecule has 0 spiro atoms. The summed E-state index contributed by atoms with van der Waals surface area (Å²) in [6, 6.07) is 4.43. The highest BCUT2D eigenvalue weighted by Gasteiger charge is 2.39. The molecule has 1 aromatic carbocycles. The largest absolute Gasteiger partial charge is 0.392 e. The van der Waals surface area contributed by atoms with E-state index in [4.69, 9.17) is 39.6 Å². The summed E-state index contributed by atoms with van der Waals surface area (Å²) >= 11 is 17.3. The van der Waals surface area contributed by atoms with Gasteiger partial charge in [0.1, 0.15) is 12.5 Å². The molecule has 1 amide bonds. The topological polar surface area (TPSA) is 76.0 Å². The van der Waals surface area contributed by atoms with Crippen LogP contribution in [-0.2, 0) is 14.4 Å². The number of Topliss-reactive ketones (excluding diaryl/α,β-unsaturated/α-hetero) is 2. The van der Waals surface area contributed by atoms with E-state index in [1.165, 1.54) is 34.7 Å². The Balaban J connectivity index is 2.17. The Kier molecular flexibility index (Phi) is 8.48. The highest BCUT2D eigenvalue weighted by molar-refractivity contribution is 6.37. The molecule has 0 radical (unpaired) electrons. The number of ketones is 2. The molecule has 6 nitrogen and oxygen atoms in total. The minimum Gasteiger partial charge on any atom is -0.392 e. The van der Waals surface area contributed by atoms with Crippen LogP contribution in [0.2, 0.25) is 10.0 Å². The van der Waals surface area contributed by atoms with Crippen molar-refractivity contribution in [3.05, 3.63) is 45.4 Å². The van der Waals surface area contributed by atoms with E-state index in [0.29, 0.717) is 23.6 Å². The molecule has 0 saturated carbocycles. The Bertz CT molecular complexity index is 805. The molecule has 0 unspecified atom stereocenters. The summed E-state index contributed by atoms with van der Waals surface area (Å²) in [7, 11) is 0. The Morgan fingerprint density at radius 1 is 1.29 bits per heavy atom. The van der Waals surface area contributed by atoms with Gasteiger partial charge in [0.05, 0.1) is 29.4 Å². The second-order valence-electron chi connectivity index (χ2n) is 6.14. The van der Waals surface area contributed by atoms with Crippen LogP contribution < -0.4 is 0 Å². The van der Waals surface area contributed by atoms with Crippen LogP contribution in [0.15, 0.2) is 35.0 Å². The Labute approximate surface area is 178 Å². The van der Waals surface area contributed by atoms with Gasteiger partial charge in [-0.1, -0.05) is 53.3 Å². The molecule has 150 valence electrons. The minimum atomic E-state index is -1.01. The summed E-state index contributed by atoms with van der Waals surface area (Å²) < 4.78 is 0. The lowest BCUT2D eigenvalue weighted by molar-refractivity contribution is -0.134. The van der Waals surface area contributed by atoms with E-state index >= 15 is 0 Å². The van der Waals surface area contributed by atoms with Gasteiger partial charge >= 0.3 is 0 Å². The maximum Gasteiger partial charge on any atom is 0.256 e. The van der Waals surface area contributed by atoms with Crippen LogP contribution in [0.4, 0.5) is 0 Å². The number of hydrogen-bond acceptors (Lipinski definition) is 5. The van der Waals surface area contributed by atoms with E-state index in [1.54, 1.807) is 0 Å². The number of carbonyl (C=O) groups excluding carboxylic acids is 3. The summed E-state index contributed by atoms with van der Waals surface area (Å²) in [5.41, 5.74) is 1.83. The van der Waals surface area contributed by atoms with E-state index in [2.05, 4.69) is 5.16 Å². The molecule has 0 N–H and O–H groups in total. The van der Waals surface area contributed by atoms with Crippen molar-refractivity contribution in [2.45, 2.75) is 19.8 Å². The SMILES string of the molecule is CCCC(=NOCC=CCl)C1C(=O)CN(C(=O)c2ccc(Cl)cc2Cl)CC1=O. The van der Waals surface area contributed by atoms with Gasteiger partial charge in [-0.25, -0.2) is 0 Å². The van der Waals surface area contributed by atoms with Crippen molar-refractivity contribution in [1.82, 2.24) is 4.90 Å². The van der Waals surface area contributed by atoms with Crippen molar-refractivity contribution < 1.29 is 19.2 Å². The molecule has 1 fully saturated rings. The second kappa shape index (κ2) is 10.6. The molecule has 28 heavy (non-hydrogen) atoms. The Morgan fingerprint density at radius 3 is 2.54 bits per heavy atom. The lowest BCUT2D eigenvalue weighted by atomic mass is 9.87. The van der Waals surface area contributed by atoms with Crippen LogP contribution in [0, 0.1) is 5.92 Å². The quantitative estimate of drug-likeness (QED) is 0.274. The zero-order valence-electron chi connectivity index (χ0n) is 15.2. The first-order valence-electron chi connectivity index (χ1n) is 8.62. The first-order valence-corrected chi connectivity index (χ1v) is 9.82. The van der Waals surface area contributed by atoms with Gasteiger partial charge in [0.15, 0.2) is 11.6 Å². The van der Waals surface area contributed by atoms with Crippen molar-refractivity contribution in [3.63, 3.8) is 0 Å². The zero-order valence-corrected chi connectivity index (χ0v) is 17.4. The number of halogens is 3. The fourth-order valence-corrected chi connectivity index (χ4v) is 3.40. The summed E-state index contributed by atoms with van der Waals surface area (Å²) in [5.74, 6) is -2.32. The highest BCUT2D eigenvalue weighted by Crippen LogP contribution is 2.24. The van der Waals surface area contributed by atoms with Crippen LogP contribution in [0.25, 0.3) is 0 Å². The van der Waals surface area contributed by atoms with Crippen LogP contribution in [0.3, 0.4) is 0 Å². The van der Waals surface area contributed by atoms with Gasteiger partial charge in [0.2, 0.25) is 0 Å². The molecule has 0 atom stereocenters. The molecule has 1 aromatic rings. The van der Waals surface area contributed by atoms with Gasteiger partial charge in [-0.3, -0.25) is 14.4 Å². The number of hydrogen-bond donors (Lipinski definition) is 0. The van der Waals surface area contributed by atoms with E-state index in [0.717, 1.165) is 0 Å². The number of nitrogens with zero attached hydrogens (tertiary/aromatic N) is 2. The number of piperidine rings is 1. The number of oxime groups is 1. The van der Waals surface area contributed by atoms with E-state index in [1.807, 2.05) is 6.92 Å². The van der Waals surface area contributed by atoms with Gasteiger partial charge < -0.3 is 9.74 Å². The lowest BCUT2D eigenvalue weighted by Gasteiger charge is -2.30. The van der Waals surface area contributed by atoms with Gasteiger partial charge in [0.25, 0.3) is 5.91 Å². The monoisotopic (exact) mass is 444 g/mol. The number of amides is 1. The molecule has 9 heteroatoms. The van der Waals surface area contributed by atoms with Gasteiger partial charge in [-0.05, 0) is 30.7 Å². The number of likely N-dealkylation sites (tertiary alicyclic amines) is 1. The minimum absolute atomic E-state index is 0.130. The summed E-state index contributed by atoms with van der Waals surface area (Å²) in [6.45, 7) is 1.62. The first kappa shape index (κ1) is 22.4. The lowest BCUT2D eigenvalue weighted by Crippen LogP contribution is -2.52. The zero-order chi connectivity index (χ0) is 20.7. The van der Waals surface area contributed by atoms with Gasteiger partial charge in [0, 0.05) is 10.6 Å². The van der Waals surface area contributed by atoms with Crippen molar-refractivity contribution in [2.75, 3.05) is 19.7 Å². The molecule has 1 aliphatic rings. The molecule has 1 aliphatic heterocycles. The number of rotatable bonds is 7. The molecule has 0 aliphatic carbocycles. The average Bonchev–Trinajstić information content (AvgIpc) is 2.64. The third-order valence-electron chi connectivity index (χ3n) is 4.07. The fraction of sp³-hybridized carbons (Fsp3) is 0.368. The van der Waals surface area contributed by atoms with Crippen LogP contribution >= 0.6 is 34.8 Å². The molecular formula is C19H19Cl3N2O4. The Morgan fingerprint density at radius 2 is 1.96 bits per heavy atom. The van der Waals surface area contributed by atoms with E-state index in [-0.39, 0.29) is 30.3 Å². The molecule has 2 rings (SSSR count). The summed E-state index contributed by atoms with van der Waals surface area (Å²) in [5, 5.41) is 4.50. The molecular weight excluding hydrogens is 427 g/mol. The summed E-state index contributed by atoms with van der Waals surface area (Å²) in [4.78, 5) is 44.3. The normalized spacial score (nSPS) is 16.1. The number of benzene rings is 1. The van der Waals surface area contributed by atoms with Gasteiger partial charge in [-0.2, -0.15) is 0 Å². The van der Waals surface area contributed by atoms with Crippen LogP contribution in [0.1, 0.15) is 30.1 Å². The average molecular weight is 446 g/mol. The third-order valence-corrected chi connectivity index (χ3v) is 4.79.